The van der Waals surface area contributed by atoms with Crippen LogP contribution >= 0.6 is 0 Å². The Balaban J connectivity index is 1.60. The minimum atomic E-state index is -0.416. The van der Waals surface area contributed by atoms with E-state index in [4.69, 9.17) is 14.2 Å². The van der Waals surface area contributed by atoms with Gasteiger partial charge in [0.25, 0.3) is 0 Å². The van der Waals surface area contributed by atoms with Gasteiger partial charge >= 0.3 is 0 Å². The fourth-order valence-electron chi connectivity index (χ4n) is 6.85. The van der Waals surface area contributed by atoms with Crippen molar-refractivity contribution in [2.45, 2.75) is 79.2 Å². The summed E-state index contributed by atoms with van der Waals surface area (Å²) >= 11 is 0. The van der Waals surface area contributed by atoms with E-state index in [2.05, 4.69) is 63.8 Å². The number of allylic oxidation sites excluding steroid dienone is 4. The second-order valence-electron chi connectivity index (χ2n) is 13.7. The average Bonchev–Trinajstić information content (AvgIpc) is 2.91. The molecular weight excluding hydrogens is 526 g/mol. The van der Waals surface area contributed by atoms with Crippen LogP contribution in [0.25, 0.3) is 0 Å². The van der Waals surface area contributed by atoms with Crippen LogP contribution in [0.1, 0.15) is 82.4 Å². The SMILES string of the molecule is COCCCN1C2=C(C(=O)CC(C)(C)C2)C(c2ccc(OCc3ccc(C)cc3)c(OC)c2)C2=C1CC(C)(C)CC2=O. The first-order valence-electron chi connectivity index (χ1n) is 15.1. The van der Waals surface area contributed by atoms with Crippen molar-refractivity contribution in [1.29, 1.82) is 0 Å². The minimum Gasteiger partial charge on any atom is -0.493 e. The third-order valence-electron chi connectivity index (χ3n) is 8.79. The second kappa shape index (κ2) is 11.7. The van der Waals surface area contributed by atoms with Crippen LogP contribution < -0.4 is 9.47 Å². The fourth-order valence-corrected chi connectivity index (χ4v) is 6.85. The Morgan fingerprint density at radius 3 is 1.95 bits per heavy atom. The lowest BCUT2D eigenvalue weighted by atomic mass is 9.63. The Kier molecular flexibility index (Phi) is 8.39. The average molecular weight is 572 g/mol. The summed E-state index contributed by atoms with van der Waals surface area (Å²) in [5.41, 5.74) is 6.54. The van der Waals surface area contributed by atoms with Crippen molar-refractivity contribution < 1.29 is 23.8 Å². The van der Waals surface area contributed by atoms with Gasteiger partial charge < -0.3 is 19.1 Å². The number of hydrogen-bond acceptors (Lipinski definition) is 6. The lowest BCUT2D eigenvalue weighted by Crippen LogP contribution is -2.44. The first-order valence-corrected chi connectivity index (χ1v) is 15.1. The Morgan fingerprint density at radius 2 is 1.40 bits per heavy atom. The number of nitrogens with zero attached hydrogens (tertiary/aromatic N) is 1. The summed E-state index contributed by atoms with van der Waals surface area (Å²) in [6, 6.07) is 14.2. The van der Waals surface area contributed by atoms with Gasteiger partial charge in [0.15, 0.2) is 23.1 Å². The molecule has 1 aliphatic heterocycles. The fraction of sp³-hybridized carbons (Fsp3) is 0.500. The van der Waals surface area contributed by atoms with Crippen molar-refractivity contribution in [2.75, 3.05) is 27.4 Å². The molecule has 2 aliphatic carbocycles. The molecule has 5 rings (SSSR count). The zero-order chi connectivity index (χ0) is 30.2. The molecule has 0 aromatic heterocycles. The van der Waals surface area contributed by atoms with Crippen molar-refractivity contribution in [3.05, 3.63) is 81.7 Å². The van der Waals surface area contributed by atoms with Gasteiger partial charge in [0.1, 0.15) is 6.61 Å². The predicted molar refractivity (Wildman–Crippen MR) is 165 cm³/mol. The number of hydrogen-bond donors (Lipinski definition) is 0. The smallest absolute Gasteiger partial charge is 0.162 e. The van der Waals surface area contributed by atoms with E-state index in [0.29, 0.717) is 37.6 Å². The topological polar surface area (TPSA) is 65.1 Å². The predicted octanol–water partition coefficient (Wildman–Crippen LogP) is 7.30. The van der Waals surface area contributed by atoms with Gasteiger partial charge in [-0.2, -0.15) is 0 Å². The second-order valence-corrected chi connectivity index (χ2v) is 13.7. The summed E-state index contributed by atoms with van der Waals surface area (Å²) in [4.78, 5) is 30.3. The largest absolute Gasteiger partial charge is 0.493 e. The van der Waals surface area contributed by atoms with Crippen LogP contribution in [0, 0.1) is 17.8 Å². The molecular formula is C36H45NO5. The van der Waals surface area contributed by atoms with Gasteiger partial charge in [-0.05, 0) is 60.3 Å². The van der Waals surface area contributed by atoms with Crippen LogP contribution in [0.3, 0.4) is 0 Å². The maximum atomic E-state index is 14.0. The van der Waals surface area contributed by atoms with Gasteiger partial charge in [-0.15, -0.1) is 0 Å². The monoisotopic (exact) mass is 571 g/mol. The molecule has 0 fully saturated rings. The molecule has 42 heavy (non-hydrogen) atoms. The number of methoxy groups -OCH3 is 2. The summed E-state index contributed by atoms with van der Waals surface area (Å²) in [6.45, 7) is 12.5. The summed E-state index contributed by atoms with van der Waals surface area (Å²) in [6.07, 6.45) is 3.32. The van der Waals surface area contributed by atoms with E-state index in [1.54, 1.807) is 14.2 Å². The maximum absolute atomic E-state index is 14.0. The van der Waals surface area contributed by atoms with Gasteiger partial charge in [-0.3, -0.25) is 9.59 Å². The minimum absolute atomic E-state index is 0.130. The highest BCUT2D eigenvalue weighted by atomic mass is 16.5. The van der Waals surface area contributed by atoms with Crippen LogP contribution in [-0.4, -0.2) is 43.8 Å². The Labute approximate surface area is 250 Å². The quantitative estimate of drug-likeness (QED) is 0.294. The Hall–Kier alpha value is -3.38. The normalized spacial score (nSPS) is 20.0. The molecule has 6 nitrogen and oxygen atoms in total. The molecule has 3 aliphatic rings. The van der Waals surface area contributed by atoms with Crippen molar-refractivity contribution >= 4 is 11.6 Å². The molecule has 0 N–H and O–H groups in total. The summed E-state index contributed by atoms with van der Waals surface area (Å²) in [5, 5.41) is 0. The van der Waals surface area contributed by atoms with Gasteiger partial charge in [0.2, 0.25) is 0 Å². The van der Waals surface area contributed by atoms with E-state index >= 15 is 0 Å². The van der Waals surface area contributed by atoms with Crippen LogP contribution in [-0.2, 0) is 20.9 Å². The summed E-state index contributed by atoms with van der Waals surface area (Å²) in [5.74, 6) is 1.07. The highest BCUT2D eigenvalue weighted by Crippen LogP contribution is 2.55. The molecule has 2 aromatic carbocycles. The van der Waals surface area contributed by atoms with Crippen molar-refractivity contribution in [3.8, 4) is 11.5 Å². The van der Waals surface area contributed by atoms with E-state index in [1.165, 1.54) is 5.56 Å². The standard InChI is InChI=1S/C36H45NO5/c1-23-9-11-24(12-10-23)22-42-30-14-13-25(17-31(30)41-7)32-33-26(18-35(2,3)20-28(33)38)37(15-8-16-40-6)27-19-36(4,5)21-29(39)34(27)32/h9-14,17,32H,8,15-16,18-22H2,1-7H3. The third-order valence-corrected chi connectivity index (χ3v) is 8.79. The zero-order valence-electron chi connectivity index (χ0n) is 26.3. The molecule has 0 radical (unpaired) electrons. The van der Waals surface area contributed by atoms with E-state index in [0.717, 1.165) is 59.5 Å². The number of ether oxygens (including phenoxy) is 3. The molecule has 0 unspecified atom stereocenters. The number of benzene rings is 2. The number of Topliss-reactive ketones (excluding diaryl/α,β-unsaturated/α-hetero) is 2. The number of aryl methyl sites for hydroxylation is 1. The van der Waals surface area contributed by atoms with E-state index in [-0.39, 0.29) is 22.4 Å². The first-order chi connectivity index (χ1) is 19.9. The molecule has 0 spiro atoms. The highest BCUT2D eigenvalue weighted by molar-refractivity contribution is 6.06. The molecule has 0 atom stereocenters. The molecule has 2 aromatic rings. The summed E-state index contributed by atoms with van der Waals surface area (Å²) < 4.78 is 17.4. The van der Waals surface area contributed by atoms with Crippen molar-refractivity contribution in [3.63, 3.8) is 0 Å². The van der Waals surface area contributed by atoms with Crippen LogP contribution in [0.15, 0.2) is 65.0 Å². The highest BCUT2D eigenvalue weighted by Gasteiger charge is 2.48. The van der Waals surface area contributed by atoms with Gasteiger partial charge in [-0.25, -0.2) is 0 Å². The first kappa shape index (κ1) is 30.1. The van der Waals surface area contributed by atoms with E-state index < -0.39 is 5.92 Å². The summed E-state index contributed by atoms with van der Waals surface area (Å²) in [7, 11) is 3.35. The molecule has 6 heteroatoms. The van der Waals surface area contributed by atoms with Crippen molar-refractivity contribution in [1.82, 2.24) is 4.90 Å². The van der Waals surface area contributed by atoms with Gasteiger partial charge in [0.05, 0.1) is 7.11 Å². The van der Waals surface area contributed by atoms with Crippen LogP contribution in [0.2, 0.25) is 0 Å². The van der Waals surface area contributed by atoms with E-state index in [1.807, 2.05) is 18.2 Å². The molecule has 0 bridgehead atoms. The maximum Gasteiger partial charge on any atom is 0.162 e. The molecule has 0 saturated heterocycles. The number of rotatable bonds is 9. The third kappa shape index (κ3) is 6.05. The molecule has 224 valence electrons. The lowest BCUT2D eigenvalue weighted by molar-refractivity contribution is -0.119. The van der Waals surface area contributed by atoms with E-state index in [9.17, 15) is 9.59 Å². The number of carbonyl (C=O) groups is 2. The number of carbonyl (C=O) groups excluding carboxylic acids is 2. The van der Waals surface area contributed by atoms with Gasteiger partial charge in [-0.1, -0.05) is 63.6 Å². The molecule has 0 amide bonds. The molecule has 0 saturated carbocycles. The van der Waals surface area contributed by atoms with Gasteiger partial charge in [0, 0.05) is 61.6 Å². The van der Waals surface area contributed by atoms with Crippen LogP contribution in [0.4, 0.5) is 0 Å². The number of ketones is 2. The Bertz CT molecular complexity index is 1380. The van der Waals surface area contributed by atoms with Crippen LogP contribution in [0.5, 0.6) is 11.5 Å². The Morgan fingerprint density at radius 1 is 0.810 bits per heavy atom. The zero-order valence-corrected chi connectivity index (χ0v) is 26.3. The molecule has 1 heterocycles. The van der Waals surface area contributed by atoms with Crippen molar-refractivity contribution in [2.24, 2.45) is 10.8 Å². The lowest BCUT2D eigenvalue weighted by Gasteiger charge is -2.49.